The third-order valence-corrected chi connectivity index (χ3v) is 3.53. The zero-order chi connectivity index (χ0) is 15.0. The molecule has 1 aliphatic rings. The van der Waals surface area contributed by atoms with Crippen LogP contribution in [-0.2, 0) is 0 Å². The Labute approximate surface area is 125 Å². The lowest BCUT2D eigenvalue weighted by molar-refractivity contribution is 0.174. The van der Waals surface area contributed by atoms with E-state index < -0.39 is 11.6 Å². The molecule has 0 fully saturated rings. The number of nitrogens with one attached hydrogen (secondary N) is 1. The molecule has 0 saturated heterocycles. The average Bonchev–Trinajstić information content (AvgIpc) is 2.85. The fourth-order valence-corrected chi connectivity index (χ4v) is 2.38. The Kier molecular flexibility index (Phi) is 3.59. The molecule has 0 spiro atoms. The summed E-state index contributed by atoms with van der Waals surface area (Å²) in [5, 5.41) is 3.56. The van der Waals surface area contributed by atoms with Gasteiger partial charge in [0.1, 0.15) is 11.6 Å². The van der Waals surface area contributed by atoms with Gasteiger partial charge in [-0.15, -0.1) is 0 Å². The summed E-state index contributed by atoms with van der Waals surface area (Å²) in [5.41, 5.74) is 1.10. The van der Waals surface area contributed by atoms with Crippen LogP contribution in [0.5, 0.6) is 11.5 Å². The van der Waals surface area contributed by atoms with Crippen LogP contribution in [-0.4, -0.2) is 6.79 Å². The minimum absolute atomic E-state index is 0.153. The molecule has 0 aliphatic carbocycles. The largest absolute Gasteiger partial charge is 0.454 e. The second kappa shape index (κ2) is 5.41. The lowest BCUT2D eigenvalue weighted by Crippen LogP contribution is -2.08. The first-order chi connectivity index (χ1) is 10.0. The number of hydrogen-bond donors (Lipinski definition) is 1. The van der Waals surface area contributed by atoms with Gasteiger partial charge in [-0.25, -0.2) is 8.78 Å². The third-order valence-electron chi connectivity index (χ3n) is 3.22. The van der Waals surface area contributed by atoms with Crippen LogP contribution in [0.25, 0.3) is 0 Å². The lowest BCUT2D eigenvalue weighted by atomic mass is 10.1. The van der Waals surface area contributed by atoms with Crippen molar-refractivity contribution < 1.29 is 18.3 Å². The van der Waals surface area contributed by atoms with Crippen molar-refractivity contribution in [2.45, 2.75) is 13.0 Å². The molecule has 2 aromatic rings. The Bertz CT molecular complexity index is 673. The van der Waals surface area contributed by atoms with Crippen LogP contribution in [0.2, 0.25) is 5.02 Å². The monoisotopic (exact) mass is 311 g/mol. The normalized spacial score (nSPS) is 14.1. The zero-order valence-corrected chi connectivity index (χ0v) is 11.9. The van der Waals surface area contributed by atoms with E-state index >= 15 is 0 Å². The summed E-state index contributed by atoms with van der Waals surface area (Å²) >= 11 is 6.16. The summed E-state index contributed by atoms with van der Waals surface area (Å²) in [6, 6.07) is 6.42. The Morgan fingerprint density at radius 2 is 1.67 bits per heavy atom. The number of halogens is 3. The molecule has 21 heavy (non-hydrogen) atoms. The van der Waals surface area contributed by atoms with E-state index in [4.69, 9.17) is 21.1 Å². The molecular formula is C15H12ClF2NO2. The molecule has 110 valence electrons. The molecule has 0 bridgehead atoms. The van der Waals surface area contributed by atoms with E-state index in [1.807, 2.05) is 0 Å². The van der Waals surface area contributed by atoms with E-state index in [0.29, 0.717) is 27.8 Å². The van der Waals surface area contributed by atoms with Gasteiger partial charge in [-0.3, -0.25) is 0 Å². The molecule has 3 rings (SSSR count). The van der Waals surface area contributed by atoms with Crippen molar-refractivity contribution in [3.8, 4) is 11.5 Å². The van der Waals surface area contributed by atoms with Crippen LogP contribution in [0.1, 0.15) is 18.5 Å². The van der Waals surface area contributed by atoms with Crippen molar-refractivity contribution in [2.75, 3.05) is 12.1 Å². The maximum Gasteiger partial charge on any atom is 0.231 e. The summed E-state index contributed by atoms with van der Waals surface area (Å²) in [7, 11) is 0. The number of fused-ring (bicyclic) bond motifs is 1. The van der Waals surface area contributed by atoms with E-state index in [2.05, 4.69) is 5.32 Å². The van der Waals surface area contributed by atoms with Gasteiger partial charge in [-0.1, -0.05) is 11.6 Å². The van der Waals surface area contributed by atoms with Crippen molar-refractivity contribution in [1.29, 1.82) is 0 Å². The van der Waals surface area contributed by atoms with Crippen molar-refractivity contribution in [3.05, 3.63) is 52.6 Å². The summed E-state index contributed by atoms with van der Waals surface area (Å²) in [4.78, 5) is 0. The van der Waals surface area contributed by atoms with Gasteiger partial charge in [0.05, 0.1) is 10.7 Å². The highest BCUT2D eigenvalue weighted by Crippen LogP contribution is 2.40. The van der Waals surface area contributed by atoms with Gasteiger partial charge in [-0.05, 0) is 24.6 Å². The molecule has 1 heterocycles. The third kappa shape index (κ3) is 2.88. The molecule has 1 unspecified atom stereocenters. The van der Waals surface area contributed by atoms with Gasteiger partial charge >= 0.3 is 0 Å². The second-order valence-corrected chi connectivity index (χ2v) is 5.16. The first kappa shape index (κ1) is 13.9. The average molecular weight is 312 g/mol. The fraction of sp³-hybridized carbons (Fsp3) is 0.200. The fourth-order valence-electron chi connectivity index (χ4n) is 2.17. The van der Waals surface area contributed by atoms with Crippen LogP contribution in [0, 0.1) is 11.6 Å². The molecule has 1 aliphatic heterocycles. The van der Waals surface area contributed by atoms with E-state index in [9.17, 15) is 8.78 Å². The number of rotatable bonds is 3. The van der Waals surface area contributed by atoms with Gasteiger partial charge in [0.2, 0.25) is 6.79 Å². The van der Waals surface area contributed by atoms with Gasteiger partial charge in [-0.2, -0.15) is 0 Å². The molecule has 1 atom stereocenters. The highest BCUT2D eigenvalue weighted by atomic mass is 35.5. The first-order valence-corrected chi connectivity index (χ1v) is 6.72. The van der Waals surface area contributed by atoms with E-state index in [1.165, 1.54) is 12.1 Å². The van der Waals surface area contributed by atoms with Crippen LogP contribution < -0.4 is 14.8 Å². The van der Waals surface area contributed by atoms with Crippen molar-refractivity contribution in [2.24, 2.45) is 0 Å². The molecule has 2 aromatic carbocycles. The molecule has 3 nitrogen and oxygen atoms in total. The number of anilines is 1. The minimum atomic E-state index is -0.615. The molecule has 0 saturated carbocycles. The van der Waals surface area contributed by atoms with Gasteiger partial charge in [0, 0.05) is 24.2 Å². The van der Waals surface area contributed by atoms with Crippen LogP contribution in [0.4, 0.5) is 14.5 Å². The second-order valence-electron chi connectivity index (χ2n) is 4.75. The summed E-state index contributed by atoms with van der Waals surface area (Å²) in [5.74, 6) is -0.0691. The van der Waals surface area contributed by atoms with Gasteiger partial charge in [0.15, 0.2) is 11.5 Å². The Morgan fingerprint density at radius 3 is 2.33 bits per heavy atom. The van der Waals surface area contributed by atoms with Crippen molar-refractivity contribution in [3.63, 3.8) is 0 Å². The summed E-state index contributed by atoms with van der Waals surface area (Å²) in [6.07, 6.45) is 0. The van der Waals surface area contributed by atoms with Crippen LogP contribution >= 0.6 is 11.6 Å². The molecular weight excluding hydrogens is 300 g/mol. The van der Waals surface area contributed by atoms with E-state index in [-0.39, 0.29) is 12.8 Å². The molecule has 1 N–H and O–H groups in total. The van der Waals surface area contributed by atoms with Crippen LogP contribution in [0.3, 0.4) is 0 Å². The Hall–Kier alpha value is -2.01. The first-order valence-electron chi connectivity index (χ1n) is 6.34. The highest BCUT2D eigenvalue weighted by Gasteiger charge is 2.18. The van der Waals surface area contributed by atoms with E-state index in [1.54, 1.807) is 19.1 Å². The van der Waals surface area contributed by atoms with Gasteiger partial charge in [0.25, 0.3) is 0 Å². The summed E-state index contributed by atoms with van der Waals surface area (Å²) in [6.45, 7) is 1.94. The number of ether oxygens (including phenoxy) is 2. The summed E-state index contributed by atoms with van der Waals surface area (Å²) < 4.78 is 37.0. The molecule has 0 radical (unpaired) electrons. The highest BCUT2D eigenvalue weighted by molar-refractivity contribution is 6.33. The molecule has 6 heteroatoms. The van der Waals surface area contributed by atoms with E-state index in [0.717, 1.165) is 6.07 Å². The maximum atomic E-state index is 13.3. The Balaban J connectivity index is 1.86. The SMILES string of the molecule is CC(Nc1cc2c(cc1Cl)OCO2)c1cc(F)cc(F)c1. The lowest BCUT2D eigenvalue weighted by Gasteiger charge is -2.17. The molecule has 0 amide bonds. The minimum Gasteiger partial charge on any atom is -0.454 e. The number of hydrogen-bond acceptors (Lipinski definition) is 3. The quantitative estimate of drug-likeness (QED) is 0.904. The maximum absolute atomic E-state index is 13.3. The molecule has 0 aromatic heterocycles. The smallest absolute Gasteiger partial charge is 0.231 e. The number of benzene rings is 2. The van der Waals surface area contributed by atoms with Crippen molar-refractivity contribution in [1.82, 2.24) is 0 Å². The Morgan fingerprint density at radius 1 is 1.05 bits per heavy atom. The van der Waals surface area contributed by atoms with Crippen molar-refractivity contribution >= 4 is 17.3 Å². The van der Waals surface area contributed by atoms with Crippen LogP contribution in [0.15, 0.2) is 30.3 Å². The standard InChI is InChI=1S/C15H12ClF2NO2/c1-8(9-2-10(17)4-11(18)3-9)19-13-6-15-14(5-12(13)16)20-7-21-15/h2-6,8,19H,7H2,1H3. The topological polar surface area (TPSA) is 30.5 Å². The van der Waals surface area contributed by atoms with Gasteiger partial charge < -0.3 is 14.8 Å². The zero-order valence-electron chi connectivity index (χ0n) is 11.1. The predicted molar refractivity (Wildman–Crippen MR) is 76.0 cm³/mol. The predicted octanol–water partition coefficient (Wildman–Crippen LogP) is 4.52.